The molecule has 3 nitrogen and oxygen atoms in total. The number of hydrogen-bond acceptors (Lipinski definition) is 3. The van der Waals surface area contributed by atoms with E-state index >= 15 is 0 Å². The highest BCUT2D eigenvalue weighted by atomic mass is 31.2. The summed E-state index contributed by atoms with van der Waals surface area (Å²) < 4.78 is 25.0. The second-order valence-corrected chi connectivity index (χ2v) is 7.39. The standard InChI is InChI=1S/C20H23O3P/c1-4-7-16-24(21,22-19-14-10-8-12-17(19)5-2)23-20-15-11-9-13-18(20)6-3/h5-6,8-15H,2-4,7,16H2,1H3. The minimum absolute atomic E-state index is 0.348. The van der Waals surface area contributed by atoms with E-state index in [-0.39, 0.29) is 0 Å². The van der Waals surface area contributed by atoms with Crippen LogP contribution in [0.25, 0.3) is 12.2 Å². The number of rotatable bonds is 9. The Kier molecular flexibility index (Phi) is 6.45. The molecule has 0 aliphatic heterocycles. The molecule has 0 aliphatic rings. The van der Waals surface area contributed by atoms with Crippen LogP contribution in [0.2, 0.25) is 0 Å². The van der Waals surface area contributed by atoms with Gasteiger partial charge in [0.05, 0.1) is 6.16 Å². The summed E-state index contributed by atoms with van der Waals surface area (Å²) >= 11 is 0. The van der Waals surface area contributed by atoms with Gasteiger partial charge in [-0.05, 0) is 18.6 Å². The monoisotopic (exact) mass is 342 g/mol. The number of unbranched alkanes of at least 4 members (excludes halogenated alkanes) is 1. The SMILES string of the molecule is C=Cc1ccccc1OP(=O)(CCCC)Oc1ccccc1C=C. The van der Waals surface area contributed by atoms with Crippen molar-refractivity contribution in [2.24, 2.45) is 0 Å². The lowest BCUT2D eigenvalue weighted by atomic mass is 10.2. The van der Waals surface area contributed by atoms with E-state index in [2.05, 4.69) is 13.2 Å². The van der Waals surface area contributed by atoms with E-state index in [9.17, 15) is 4.57 Å². The van der Waals surface area contributed by atoms with E-state index in [1.807, 2.05) is 43.3 Å². The number of hydrogen-bond donors (Lipinski definition) is 0. The summed E-state index contributed by atoms with van der Waals surface area (Å²) in [6, 6.07) is 14.7. The molecule has 2 aromatic carbocycles. The molecule has 0 saturated heterocycles. The summed E-state index contributed by atoms with van der Waals surface area (Å²) in [5, 5.41) is 0. The maximum Gasteiger partial charge on any atom is 0.430 e. The van der Waals surface area contributed by atoms with Crippen LogP contribution in [0.5, 0.6) is 11.5 Å². The first-order valence-electron chi connectivity index (χ1n) is 8.03. The molecule has 2 aromatic rings. The van der Waals surface area contributed by atoms with E-state index in [1.165, 1.54) is 0 Å². The molecule has 0 saturated carbocycles. The summed E-state index contributed by atoms with van der Waals surface area (Å²) in [7, 11) is -3.36. The molecule has 4 heteroatoms. The van der Waals surface area contributed by atoms with Crippen molar-refractivity contribution < 1.29 is 13.6 Å². The molecule has 0 bridgehead atoms. The van der Waals surface area contributed by atoms with Crippen LogP contribution in [0.4, 0.5) is 0 Å². The van der Waals surface area contributed by atoms with Gasteiger partial charge < -0.3 is 9.05 Å². The molecule has 0 spiro atoms. The van der Waals surface area contributed by atoms with Crippen molar-refractivity contribution in [2.45, 2.75) is 19.8 Å². The molecule has 126 valence electrons. The Morgan fingerprint density at radius 1 is 0.917 bits per heavy atom. The third-order valence-electron chi connectivity index (χ3n) is 3.54. The highest BCUT2D eigenvalue weighted by Gasteiger charge is 2.28. The highest BCUT2D eigenvalue weighted by molar-refractivity contribution is 7.54. The van der Waals surface area contributed by atoms with Gasteiger partial charge in [-0.3, -0.25) is 0 Å². The third-order valence-corrected chi connectivity index (χ3v) is 5.35. The summed E-state index contributed by atoms with van der Waals surface area (Å²) in [6.07, 6.45) is 5.36. The fourth-order valence-electron chi connectivity index (χ4n) is 2.23. The topological polar surface area (TPSA) is 35.5 Å². The van der Waals surface area contributed by atoms with Crippen LogP contribution in [0.3, 0.4) is 0 Å². The molecule has 0 fully saturated rings. The van der Waals surface area contributed by atoms with Gasteiger partial charge in [-0.15, -0.1) is 0 Å². The van der Waals surface area contributed by atoms with Gasteiger partial charge in [0, 0.05) is 11.1 Å². The number of para-hydroxylation sites is 2. The molecular weight excluding hydrogens is 319 g/mol. The first-order chi connectivity index (χ1) is 11.6. The summed E-state index contributed by atoms with van der Waals surface area (Å²) in [5.74, 6) is 1.03. The molecule has 24 heavy (non-hydrogen) atoms. The third kappa shape index (κ3) is 4.62. The second-order valence-electron chi connectivity index (χ2n) is 5.35. The largest absolute Gasteiger partial charge is 0.430 e. The van der Waals surface area contributed by atoms with Crippen molar-refractivity contribution in [1.29, 1.82) is 0 Å². The zero-order chi connectivity index (χ0) is 17.4. The van der Waals surface area contributed by atoms with E-state index in [0.29, 0.717) is 17.7 Å². The van der Waals surface area contributed by atoms with Gasteiger partial charge in [0.15, 0.2) is 0 Å². The zero-order valence-corrected chi connectivity index (χ0v) is 14.9. The lowest BCUT2D eigenvalue weighted by molar-refractivity contribution is 0.383. The van der Waals surface area contributed by atoms with Gasteiger partial charge in [-0.25, -0.2) is 4.57 Å². The van der Waals surface area contributed by atoms with Gasteiger partial charge in [-0.2, -0.15) is 0 Å². The Morgan fingerprint density at radius 3 is 1.79 bits per heavy atom. The van der Waals surface area contributed by atoms with Crippen LogP contribution in [-0.2, 0) is 4.57 Å². The maximum atomic E-state index is 13.3. The Hall–Kier alpha value is -2.25. The number of benzene rings is 2. The molecule has 0 amide bonds. The minimum Gasteiger partial charge on any atom is -0.415 e. The first kappa shape index (κ1) is 18.1. The summed E-state index contributed by atoms with van der Waals surface area (Å²) in [4.78, 5) is 0. The molecule has 2 rings (SSSR count). The molecular formula is C20H23O3P. The Morgan fingerprint density at radius 2 is 1.38 bits per heavy atom. The van der Waals surface area contributed by atoms with Crippen molar-refractivity contribution in [1.82, 2.24) is 0 Å². The van der Waals surface area contributed by atoms with Gasteiger partial charge >= 0.3 is 7.60 Å². The first-order valence-corrected chi connectivity index (χ1v) is 9.76. The van der Waals surface area contributed by atoms with E-state index < -0.39 is 7.60 Å². The van der Waals surface area contributed by atoms with Crippen molar-refractivity contribution in [3.8, 4) is 11.5 Å². The quantitative estimate of drug-likeness (QED) is 0.493. The summed E-state index contributed by atoms with van der Waals surface area (Å²) in [6.45, 7) is 9.58. The lowest BCUT2D eigenvalue weighted by Crippen LogP contribution is -2.06. The van der Waals surface area contributed by atoms with Crippen molar-refractivity contribution in [3.63, 3.8) is 0 Å². The van der Waals surface area contributed by atoms with Gasteiger partial charge in [0.2, 0.25) is 0 Å². The van der Waals surface area contributed by atoms with Crippen molar-refractivity contribution in [2.75, 3.05) is 6.16 Å². The molecule has 0 aliphatic carbocycles. The zero-order valence-electron chi connectivity index (χ0n) is 14.0. The van der Waals surface area contributed by atoms with Crippen molar-refractivity contribution in [3.05, 3.63) is 72.8 Å². The Balaban J connectivity index is 2.33. The average molecular weight is 342 g/mol. The van der Waals surface area contributed by atoms with Gasteiger partial charge in [0.25, 0.3) is 0 Å². The Bertz CT molecular complexity index is 695. The van der Waals surface area contributed by atoms with Gasteiger partial charge in [-0.1, -0.05) is 75.1 Å². The fraction of sp³-hybridized carbons (Fsp3) is 0.200. The molecule has 0 aromatic heterocycles. The fourth-order valence-corrected chi connectivity index (χ4v) is 4.08. The van der Waals surface area contributed by atoms with E-state index in [0.717, 1.165) is 24.0 Å². The smallest absolute Gasteiger partial charge is 0.415 e. The van der Waals surface area contributed by atoms with E-state index in [1.54, 1.807) is 24.3 Å². The van der Waals surface area contributed by atoms with Crippen LogP contribution < -0.4 is 9.05 Å². The summed E-state index contributed by atoms with van der Waals surface area (Å²) in [5.41, 5.74) is 1.57. The second kappa shape index (κ2) is 8.56. The van der Waals surface area contributed by atoms with Crippen LogP contribution >= 0.6 is 7.60 Å². The van der Waals surface area contributed by atoms with Crippen LogP contribution in [0.15, 0.2) is 61.7 Å². The predicted molar refractivity (Wildman–Crippen MR) is 102 cm³/mol. The highest BCUT2D eigenvalue weighted by Crippen LogP contribution is 2.50. The Labute approximate surface area is 144 Å². The average Bonchev–Trinajstić information content (AvgIpc) is 2.61. The lowest BCUT2D eigenvalue weighted by Gasteiger charge is -2.22. The molecule has 0 N–H and O–H groups in total. The van der Waals surface area contributed by atoms with Crippen LogP contribution in [-0.4, -0.2) is 6.16 Å². The van der Waals surface area contributed by atoms with E-state index in [4.69, 9.17) is 9.05 Å². The normalized spacial score (nSPS) is 10.9. The predicted octanol–water partition coefficient (Wildman–Crippen LogP) is 6.42. The molecule has 0 radical (unpaired) electrons. The minimum atomic E-state index is -3.36. The molecule has 0 atom stereocenters. The molecule has 0 heterocycles. The van der Waals surface area contributed by atoms with Gasteiger partial charge in [0.1, 0.15) is 11.5 Å². The van der Waals surface area contributed by atoms with Crippen molar-refractivity contribution >= 4 is 19.7 Å². The molecule has 0 unspecified atom stereocenters. The van der Waals surface area contributed by atoms with Crippen LogP contribution in [0.1, 0.15) is 30.9 Å². The van der Waals surface area contributed by atoms with Crippen LogP contribution in [0, 0.1) is 0 Å². The maximum absolute atomic E-state index is 13.3.